The minimum atomic E-state index is 0.609. The molecule has 0 bridgehead atoms. The van der Waals surface area contributed by atoms with Crippen molar-refractivity contribution in [3.63, 3.8) is 0 Å². The molecule has 2 rings (SSSR count). The van der Waals surface area contributed by atoms with Gasteiger partial charge in [0, 0.05) is 39.4 Å². The second-order valence-electron chi connectivity index (χ2n) is 3.72. The van der Waals surface area contributed by atoms with Crippen LogP contribution in [-0.4, -0.2) is 40.6 Å². The topological polar surface area (TPSA) is 59.1 Å². The molecule has 3 N–H and O–H groups in total. The highest BCUT2D eigenvalue weighted by molar-refractivity contribution is 5.25. The van der Waals surface area contributed by atoms with E-state index in [-0.39, 0.29) is 0 Å². The zero-order valence-electron chi connectivity index (χ0n) is 8.53. The molecule has 5 heteroatoms. The van der Waals surface area contributed by atoms with Crippen molar-refractivity contribution in [1.29, 1.82) is 0 Å². The maximum Gasteiger partial charge on any atom is 0.141 e. The summed E-state index contributed by atoms with van der Waals surface area (Å²) in [5.74, 6) is 1.65. The Bertz CT molecular complexity index is 300. The zero-order chi connectivity index (χ0) is 9.97. The normalized spacial score (nSPS) is 18.6. The van der Waals surface area contributed by atoms with Gasteiger partial charge >= 0.3 is 0 Å². The van der Waals surface area contributed by atoms with Gasteiger partial charge in [-0.15, -0.1) is 0 Å². The predicted molar refractivity (Wildman–Crippen MR) is 55.8 cm³/mol. The van der Waals surface area contributed by atoms with Crippen LogP contribution in [0.5, 0.6) is 0 Å². The number of anilines is 1. The summed E-state index contributed by atoms with van der Waals surface area (Å²) < 4.78 is 2.00. The van der Waals surface area contributed by atoms with E-state index >= 15 is 0 Å². The molecule has 1 aromatic heterocycles. The van der Waals surface area contributed by atoms with E-state index in [0.29, 0.717) is 5.82 Å². The molecule has 1 aliphatic rings. The van der Waals surface area contributed by atoms with Crippen molar-refractivity contribution in [3.05, 3.63) is 12.0 Å². The van der Waals surface area contributed by atoms with E-state index in [4.69, 9.17) is 5.73 Å². The lowest BCUT2D eigenvalue weighted by molar-refractivity contribution is 0.226. The van der Waals surface area contributed by atoms with Crippen LogP contribution in [0.2, 0.25) is 0 Å². The average molecular weight is 195 g/mol. The summed E-state index contributed by atoms with van der Waals surface area (Å²) in [5.41, 5.74) is 5.62. The smallest absolute Gasteiger partial charge is 0.141 e. The second kappa shape index (κ2) is 3.98. The van der Waals surface area contributed by atoms with E-state index in [9.17, 15) is 0 Å². The monoisotopic (exact) mass is 195 g/mol. The minimum Gasteiger partial charge on any atom is -0.382 e. The summed E-state index contributed by atoms with van der Waals surface area (Å²) in [6, 6.07) is 0. The van der Waals surface area contributed by atoms with Gasteiger partial charge in [0.1, 0.15) is 11.6 Å². The van der Waals surface area contributed by atoms with Crippen molar-refractivity contribution in [2.24, 2.45) is 7.05 Å². The van der Waals surface area contributed by atoms with Crippen molar-refractivity contribution >= 4 is 5.82 Å². The van der Waals surface area contributed by atoms with Crippen molar-refractivity contribution in [3.8, 4) is 0 Å². The number of hydrogen-bond donors (Lipinski definition) is 2. The lowest BCUT2D eigenvalue weighted by atomic mass is 10.3. The lowest BCUT2D eigenvalue weighted by Gasteiger charge is -2.26. The first-order valence-electron chi connectivity index (χ1n) is 4.96. The molecule has 0 radical (unpaired) electrons. The van der Waals surface area contributed by atoms with Gasteiger partial charge in [-0.05, 0) is 0 Å². The Morgan fingerprint density at radius 1 is 1.50 bits per heavy atom. The molecule has 1 aliphatic heterocycles. The SMILES string of the molecule is Cn1cc(N)nc1CN1CCNCC1. The maximum atomic E-state index is 5.62. The quantitative estimate of drug-likeness (QED) is 0.662. The number of piperazine rings is 1. The summed E-state index contributed by atoms with van der Waals surface area (Å²) in [5, 5.41) is 3.33. The fourth-order valence-electron chi connectivity index (χ4n) is 1.75. The number of nitrogens with one attached hydrogen (secondary N) is 1. The highest BCUT2D eigenvalue weighted by Gasteiger charge is 2.12. The summed E-state index contributed by atoms with van der Waals surface area (Å²) >= 11 is 0. The summed E-state index contributed by atoms with van der Waals surface area (Å²) in [6.45, 7) is 5.22. The number of nitrogens with two attached hydrogens (primary N) is 1. The molecule has 0 amide bonds. The molecular formula is C9H17N5. The van der Waals surface area contributed by atoms with E-state index < -0.39 is 0 Å². The predicted octanol–water partition coefficient (Wildman–Crippen LogP) is -0.592. The summed E-state index contributed by atoms with van der Waals surface area (Å²) in [6.07, 6.45) is 1.86. The molecule has 1 aromatic rings. The zero-order valence-corrected chi connectivity index (χ0v) is 8.53. The molecular weight excluding hydrogens is 178 g/mol. The lowest BCUT2D eigenvalue weighted by Crippen LogP contribution is -2.43. The number of hydrogen-bond acceptors (Lipinski definition) is 4. The van der Waals surface area contributed by atoms with E-state index in [2.05, 4.69) is 15.2 Å². The molecule has 78 valence electrons. The van der Waals surface area contributed by atoms with Crippen LogP contribution < -0.4 is 11.1 Å². The van der Waals surface area contributed by atoms with Crippen LogP contribution in [0, 0.1) is 0 Å². The maximum absolute atomic E-state index is 5.62. The fourth-order valence-corrected chi connectivity index (χ4v) is 1.75. The standard InChI is InChI=1S/C9H17N5/c1-13-6-8(10)12-9(13)7-14-4-2-11-3-5-14/h6,11H,2-5,7,10H2,1H3. The van der Waals surface area contributed by atoms with Gasteiger partial charge in [0.25, 0.3) is 0 Å². The van der Waals surface area contributed by atoms with Crippen LogP contribution in [0.3, 0.4) is 0 Å². The minimum absolute atomic E-state index is 0.609. The van der Waals surface area contributed by atoms with Crippen LogP contribution in [0.25, 0.3) is 0 Å². The van der Waals surface area contributed by atoms with Gasteiger partial charge in [-0.2, -0.15) is 0 Å². The molecule has 0 atom stereocenters. The third-order valence-corrected chi connectivity index (χ3v) is 2.57. The van der Waals surface area contributed by atoms with E-state index in [1.54, 1.807) is 0 Å². The van der Waals surface area contributed by atoms with Gasteiger partial charge in [0.15, 0.2) is 0 Å². The number of aryl methyl sites for hydroxylation is 1. The summed E-state index contributed by atoms with van der Waals surface area (Å²) in [4.78, 5) is 6.67. The Kier molecular flexibility index (Phi) is 2.69. The molecule has 0 unspecified atom stereocenters. The number of aromatic nitrogens is 2. The molecule has 5 nitrogen and oxygen atoms in total. The average Bonchev–Trinajstić information content (AvgIpc) is 2.47. The van der Waals surface area contributed by atoms with Crippen LogP contribution in [0.15, 0.2) is 6.20 Å². The van der Waals surface area contributed by atoms with Crippen molar-refractivity contribution in [1.82, 2.24) is 19.8 Å². The number of nitrogens with zero attached hydrogens (tertiary/aromatic N) is 3. The Morgan fingerprint density at radius 2 is 2.21 bits per heavy atom. The highest BCUT2D eigenvalue weighted by Crippen LogP contribution is 2.06. The van der Waals surface area contributed by atoms with Gasteiger partial charge in [-0.1, -0.05) is 0 Å². The third-order valence-electron chi connectivity index (χ3n) is 2.57. The molecule has 0 spiro atoms. The summed E-state index contributed by atoms with van der Waals surface area (Å²) in [7, 11) is 1.99. The van der Waals surface area contributed by atoms with Crippen molar-refractivity contribution in [2.45, 2.75) is 6.54 Å². The third kappa shape index (κ3) is 2.05. The van der Waals surface area contributed by atoms with Crippen LogP contribution in [0.4, 0.5) is 5.82 Å². The Morgan fingerprint density at radius 3 is 2.79 bits per heavy atom. The Hall–Kier alpha value is -1.07. The van der Waals surface area contributed by atoms with Crippen molar-refractivity contribution < 1.29 is 0 Å². The largest absolute Gasteiger partial charge is 0.382 e. The molecule has 0 aromatic carbocycles. The first-order chi connectivity index (χ1) is 6.75. The highest BCUT2D eigenvalue weighted by atomic mass is 15.2. The molecule has 2 heterocycles. The molecule has 0 saturated carbocycles. The van der Waals surface area contributed by atoms with Gasteiger partial charge in [0.2, 0.25) is 0 Å². The first kappa shape index (κ1) is 9.48. The first-order valence-corrected chi connectivity index (χ1v) is 4.96. The van der Waals surface area contributed by atoms with Crippen LogP contribution >= 0.6 is 0 Å². The van der Waals surface area contributed by atoms with E-state index in [0.717, 1.165) is 38.5 Å². The molecule has 1 fully saturated rings. The van der Waals surface area contributed by atoms with Gasteiger partial charge in [-0.25, -0.2) is 4.98 Å². The van der Waals surface area contributed by atoms with Crippen LogP contribution in [-0.2, 0) is 13.6 Å². The Labute approximate surface area is 83.9 Å². The molecule has 1 saturated heterocycles. The van der Waals surface area contributed by atoms with E-state index in [1.807, 2.05) is 17.8 Å². The number of nitrogen functional groups attached to an aromatic ring is 1. The van der Waals surface area contributed by atoms with E-state index in [1.165, 1.54) is 0 Å². The van der Waals surface area contributed by atoms with Gasteiger partial charge in [0.05, 0.1) is 6.54 Å². The van der Waals surface area contributed by atoms with Gasteiger partial charge in [-0.3, -0.25) is 4.90 Å². The fraction of sp³-hybridized carbons (Fsp3) is 0.667. The molecule has 0 aliphatic carbocycles. The Balaban J connectivity index is 1.98. The molecule has 14 heavy (non-hydrogen) atoms. The van der Waals surface area contributed by atoms with Crippen LogP contribution in [0.1, 0.15) is 5.82 Å². The second-order valence-corrected chi connectivity index (χ2v) is 3.72. The number of imidazole rings is 1. The number of rotatable bonds is 2. The van der Waals surface area contributed by atoms with Crippen molar-refractivity contribution in [2.75, 3.05) is 31.9 Å². The van der Waals surface area contributed by atoms with Gasteiger partial charge < -0.3 is 15.6 Å².